The van der Waals surface area contributed by atoms with Crippen LogP contribution in [-0.2, 0) is 18.6 Å². The van der Waals surface area contributed by atoms with Crippen molar-refractivity contribution in [3.05, 3.63) is 12.7 Å². The van der Waals surface area contributed by atoms with Gasteiger partial charge >= 0.3 is 0 Å². The molecule has 1 aliphatic heterocycles. The molecule has 2 atom stereocenters. The van der Waals surface area contributed by atoms with Crippen LogP contribution in [0.3, 0.4) is 0 Å². The van der Waals surface area contributed by atoms with Gasteiger partial charge in [0.1, 0.15) is 6.54 Å². The summed E-state index contributed by atoms with van der Waals surface area (Å²) in [7, 11) is 3.56. The SMILES string of the molecule is C=CC(=O)C1(C[N+](C)(C)C)OCC[PH](=O)O1. The van der Waals surface area contributed by atoms with Crippen LogP contribution < -0.4 is 0 Å². The van der Waals surface area contributed by atoms with Crippen molar-refractivity contribution in [2.75, 3.05) is 40.5 Å². The van der Waals surface area contributed by atoms with E-state index in [-0.39, 0.29) is 12.4 Å². The van der Waals surface area contributed by atoms with E-state index in [0.717, 1.165) is 6.08 Å². The molecule has 0 N–H and O–H groups in total. The molecule has 1 saturated heterocycles. The van der Waals surface area contributed by atoms with Crippen molar-refractivity contribution in [1.29, 1.82) is 0 Å². The van der Waals surface area contributed by atoms with E-state index in [1.807, 2.05) is 21.1 Å². The van der Waals surface area contributed by atoms with Crippen molar-refractivity contribution in [2.45, 2.75) is 5.79 Å². The van der Waals surface area contributed by atoms with Gasteiger partial charge in [0.15, 0.2) is 8.03 Å². The number of hydrogen-bond acceptors (Lipinski definition) is 4. The quantitative estimate of drug-likeness (QED) is 0.417. The second kappa shape index (κ2) is 4.80. The molecular weight excluding hydrogens is 229 g/mol. The third kappa shape index (κ3) is 3.25. The van der Waals surface area contributed by atoms with Crippen molar-refractivity contribution in [3.63, 3.8) is 0 Å². The average molecular weight is 248 g/mol. The van der Waals surface area contributed by atoms with E-state index in [1.54, 1.807) is 0 Å². The van der Waals surface area contributed by atoms with E-state index in [9.17, 15) is 9.36 Å². The number of quaternary nitrogens is 1. The van der Waals surface area contributed by atoms with Crippen molar-refractivity contribution in [2.24, 2.45) is 0 Å². The van der Waals surface area contributed by atoms with Gasteiger partial charge in [-0.1, -0.05) is 6.58 Å². The van der Waals surface area contributed by atoms with Crippen molar-refractivity contribution in [1.82, 2.24) is 0 Å². The van der Waals surface area contributed by atoms with Gasteiger partial charge in [0, 0.05) is 6.16 Å². The maximum Gasteiger partial charge on any atom is 0.289 e. The molecule has 5 nitrogen and oxygen atoms in total. The van der Waals surface area contributed by atoms with Crippen molar-refractivity contribution < 1.29 is 23.1 Å². The second-order valence-corrected chi connectivity index (χ2v) is 6.29. The molecule has 0 aromatic rings. The molecule has 0 amide bonds. The van der Waals surface area contributed by atoms with Crippen LogP contribution in [0.15, 0.2) is 12.7 Å². The predicted molar refractivity (Wildman–Crippen MR) is 61.7 cm³/mol. The Balaban J connectivity index is 2.96. The zero-order valence-corrected chi connectivity index (χ0v) is 11.0. The lowest BCUT2D eigenvalue weighted by Gasteiger charge is -2.38. The van der Waals surface area contributed by atoms with Gasteiger partial charge < -0.3 is 9.22 Å². The molecule has 2 unspecified atom stereocenters. The number of ketones is 1. The molecule has 0 bridgehead atoms. The zero-order valence-electron chi connectivity index (χ0n) is 9.99. The van der Waals surface area contributed by atoms with Gasteiger partial charge in [0.05, 0.1) is 27.7 Å². The highest BCUT2D eigenvalue weighted by Crippen LogP contribution is 2.37. The minimum atomic E-state index is -2.18. The van der Waals surface area contributed by atoms with Gasteiger partial charge in [-0.3, -0.25) is 13.9 Å². The highest BCUT2D eigenvalue weighted by molar-refractivity contribution is 7.39. The number of rotatable bonds is 4. The van der Waals surface area contributed by atoms with Crippen molar-refractivity contribution >= 4 is 13.8 Å². The summed E-state index contributed by atoms with van der Waals surface area (Å²) in [6, 6.07) is 0. The molecule has 0 radical (unpaired) electrons. The van der Waals surface area contributed by atoms with Crippen LogP contribution in [0.2, 0.25) is 0 Å². The Bertz CT molecular complexity index is 323. The fourth-order valence-electron chi connectivity index (χ4n) is 1.62. The molecule has 1 rings (SSSR count). The van der Waals surface area contributed by atoms with Crippen LogP contribution in [0.4, 0.5) is 0 Å². The minimum Gasteiger partial charge on any atom is -0.338 e. The van der Waals surface area contributed by atoms with Crippen LogP contribution in [0.25, 0.3) is 0 Å². The van der Waals surface area contributed by atoms with Gasteiger partial charge in [-0.25, -0.2) is 0 Å². The summed E-state index contributed by atoms with van der Waals surface area (Å²) in [5.41, 5.74) is 0. The van der Waals surface area contributed by atoms with E-state index >= 15 is 0 Å². The van der Waals surface area contributed by atoms with Crippen LogP contribution >= 0.6 is 8.03 Å². The number of nitrogens with zero attached hydrogens (tertiary/aromatic N) is 1. The normalized spacial score (nSPS) is 31.1. The molecule has 1 heterocycles. The molecule has 1 fully saturated rings. The summed E-state index contributed by atoms with van der Waals surface area (Å²) >= 11 is 0. The molecule has 1 aliphatic rings. The molecule has 0 aliphatic carbocycles. The van der Waals surface area contributed by atoms with Gasteiger partial charge in [0.2, 0.25) is 5.78 Å². The molecule has 0 aromatic heterocycles. The Labute approximate surface area is 96.5 Å². The highest BCUT2D eigenvalue weighted by atomic mass is 31.1. The van der Waals surface area contributed by atoms with Crippen LogP contribution in [0, 0.1) is 0 Å². The van der Waals surface area contributed by atoms with E-state index in [0.29, 0.717) is 17.2 Å². The summed E-state index contributed by atoms with van der Waals surface area (Å²) in [4.78, 5) is 11.8. The number of ether oxygens (including phenoxy) is 1. The molecule has 0 saturated carbocycles. The van der Waals surface area contributed by atoms with Crippen LogP contribution in [-0.4, -0.2) is 56.5 Å². The first-order valence-electron chi connectivity index (χ1n) is 5.12. The monoisotopic (exact) mass is 248 g/mol. The largest absolute Gasteiger partial charge is 0.338 e. The first-order chi connectivity index (χ1) is 7.29. The third-order valence-electron chi connectivity index (χ3n) is 2.16. The summed E-state index contributed by atoms with van der Waals surface area (Å²) in [6.07, 6.45) is 1.53. The zero-order chi connectivity index (χ0) is 12.4. The Morgan fingerprint density at radius 1 is 1.56 bits per heavy atom. The van der Waals surface area contributed by atoms with E-state index in [4.69, 9.17) is 9.26 Å². The molecule has 6 heteroatoms. The Hall–Kier alpha value is -0.480. The van der Waals surface area contributed by atoms with Gasteiger partial charge in [0.25, 0.3) is 5.79 Å². The summed E-state index contributed by atoms with van der Waals surface area (Å²) < 4.78 is 22.7. The van der Waals surface area contributed by atoms with Crippen molar-refractivity contribution in [3.8, 4) is 0 Å². The average Bonchev–Trinajstić information content (AvgIpc) is 2.13. The van der Waals surface area contributed by atoms with Crippen LogP contribution in [0.5, 0.6) is 0 Å². The molecule has 16 heavy (non-hydrogen) atoms. The lowest BCUT2D eigenvalue weighted by Crippen LogP contribution is -2.57. The Kier molecular flexibility index (Phi) is 4.07. The maximum absolute atomic E-state index is 11.8. The number of hydrogen-bond donors (Lipinski definition) is 0. The first-order valence-corrected chi connectivity index (χ1v) is 6.64. The number of carbonyl (C=O) groups excluding carboxylic acids is 1. The fourth-order valence-corrected chi connectivity index (χ4v) is 2.58. The summed E-state index contributed by atoms with van der Waals surface area (Å²) in [5.74, 6) is -1.77. The smallest absolute Gasteiger partial charge is 0.289 e. The predicted octanol–water partition coefficient (Wildman–Crippen LogP) is 0.665. The van der Waals surface area contributed by atoms with E-state index in [1.165, 1.54) is 0 Å². The summed E-state index contributed by atoms with van der Waals surface area (Å²) in [6.45, 7) is 4.03. The van der Waals surface area contributed by atoms with E-state index < -0.39 is 13.8 Å². The van der Waals surface area contributed by atoms with E-state index in [2.05, 4.69) is 6.58 Å². The fraction of sp³-hybridized carbons (Fsp3) is 0.700. The number of carbonyl (C=O) groups is 1. The van der Waals surface area contributed by atoms with Gasteiger partial charge in [-0.15, -0.1) is 0 Å². The Morgan fingerprint density at radius 3 is 2.62 bits per heavy atom. The molecule has 0 spiro atoms. The first kappa shape index (κ1) is 13.6. The lowest BCUT2D eigenvalue weighted by atomic mass is 10.1. The molecular formula is C10H19NO4P+. The Morgan fingerprint density at radius 2 is 2.19 bits per heavy atom. The topological polar surface area (TPSA) is 52.6 Å². The second-order valence-electron chi connectivity index (χ2n) is 4.84. The molecule has 92 valence electrons. The van der Waals surface area contributed by atoms with Crippen LogP contribution in [0.1, 0.15) is 0 Å². The highest BCUT2D eigenvalue weighted by Gasteiger charge is 2.47. The lowest BCUT2D eigenvalue weighted by molar-refractivity contribution is -0.878. The third-order valence-corrected chi connectivity index (χ3v) is 3.33. The standard InChI is InChI=1S/C10H19NO4P/c1-5-9(12)10(8-11(2,3)4)14-6-7-16(13)15-10/h5,16H,1,6-8H2,2-4H3/q+1. The molecule has 0 aromatic carbocycles. The van der Waals surface area contributed by atoms with Gasteiger partial charge in [-0.05, 0) is 6.08 Å². The maximum atomic E-state index is 11.8. The summed E-state index contributed by atoms with van der Waals surface area (Å²) in [5, 5.41) is 0. The number of likely N-dealkylation sites (N-methyl/N-ethyl adjacent to an activating group) is 1. The van der Waals surface area contributed by atoms with Gasteiger partial charge in [-0.2, -0.15) is 0 Å². The minimum absolute atomic E-state index is 0.289.